The molecule has 5 nitrogen and oxygen atoms in total. The molecule has 0 atom stereocenters. The fourth-order valence-electron chi connectivity index (χ4n) is 2.11. The van der Waals surface area contributed by atoms with Crippen LogP contribution in [0.25, 0.3) is 10.8 Å². The molecule has 0 radical (unpaired) electrons. The van der Waals surface area contributed by atoms with Gasteiger partial charge in [-0.3, -0.25) is 10.1 Å². The van der Waals surface area contributed by atoms with Crippen molar-refractivity contribution in [3.63, 3.8) is 0 Å². The number of aromatic amines is 1. The van der Waals surface area contributed by atoms with Gasteiger partial charge in [-0.2, -0.15) is 5.10 Å². The summed E-state index contributed by atoms with van der Waals surface area (Å²) in [4.78, 5) is 4.16. The lowest BCUT2D eigenvalue weighted by Crippen LogP contribution is -2.01. The van der Waals surface area contributed by atoms with E-state index in [1.165, 1.54) is 0 Å². The van der Waals surface area contributed by atoms with Crippen LogP contribution >= 0.6 is 0 Å². The van der Waals surface area contributed by atoms with Gasteiger partial charge in [0.15, 0.2) is 0 Å². The summed E-state index contributed by atoms with van der Waals surface area (Å²) in [6.07, 6.45) is 5.42. The highest BCUT2D eigenvalue weighted by Gasteiger charge is 2.05. The Morgan fingerprint density at radius 1 is 1.21 bits per heavy atom. The molecule has 2 aromatic heterocycles. The number of benzene rings is 1. The smallest absolute Gasteiger partial charge is 0.0539 e. The summed E-state index contributed by atoms with van der Waals surface area (Å²) in [6, 6.07) is 5.82. The van der Waals surface area contributed by atoms with Crippen LogP contribution in [0.5, 0.6) is 0 Å². The first-order chi connectivity index (χ1) is 9.25. The Balaban J connectivity index is 1.93. The maximum Gasteiger partial charge on any atom is 0.0539 e. The molecule has 0 saturated carbocycles. The topological polar surface area (TPSA) is 79.6 Å². The Labute approximate surface area is 110 Å². The van der Waals surface area contributed by atoms with Crippen LogP contribution < -0.4 is 11.1 Å². The lowest BCUT2D eigenvalue weighted by atomic mass is 10.1. The quantitative estimate of drug-likeness (QED) is 0.626. The molecule has 1 aromatic carbocycles. The molecule has 5 heteroatoms. The number of pyridine rings is 1. The van der Waals surface area contributed by atoms with E-state index < -0.39 is 0 Å². The van der Waals surface area contributed by atoms with Crippen LogP contribution in [-0.4, -0.2) is 15.2 Å². The van der Waals surface area contributed by atoms with Gasteiger partial charge < -0.3 is 11.1 Å². The van der Waals surface area contributed by atoms with Gasteiger partial charge in [-0.25, -0.2) is 0 Å². The molecule has 0 amide bonds. The number of aromatic nitrogens is 3. The molecule has 0 fully saturated rings. The van der Waals surface area contributed by atoms with Crippen molar-refractivity contribution in [2.75, 3.05) is 11.1 Å². The van der Waals surface area contributed by atoms with Gasteiger partial charge in [0, 0.05) is 52.3 Å². The molecule has 0 saturated heterocycles. The van der Waals surface area contributed by atoms with Gasteiger partial charge >= 0.3 is 0 Å². The van der Waals surface area contributed by atoms with E-state index in [-0.39, 0.29) is 0 Å². The normalized spacial score (nSPS) is 10.8. The third-order valence-corrected chi connectivity index (χ3v) is 3.26. The van der Waals surface area contributed by atoms with Crippen LogP contribution in [0.4, 0.5) is 11.4 Å². The predicted octanol–water partition coefficient (Wildman–Crippen LogP) is 2.46. The number of nitrogens with two attached hydrogens (primary N) is 1. The summed E-state index contributed by atoms with van der Waals surface area (Å²) in [5.74, 6) is 0. The fraction of sp³-hybridized carbons (Fsp3) is 0.143. The van der Waals surface area contributed by atoms with Crippen molar-refractivity contribution in [2.45, 2.75) is 13.5 Å². The number of nitrogens with one attached hydrogen (secondary N) is 2. The van der Waals surface area contributed by atoms with Crippen molar-refractivity contribution < 1.29 is 0 Å². The molecule has 19 heavy (non-hydrogen) atoms. The molecule has 0 spiro atoms. The van der Waals surface area contributed by atoms with E-state index in [1.54, 1.807) is 6.20 Å². The summed E-state index contributed by atoms with van der Waals surface area (Å²) in [5.41, 5.74) is 9.98. The Morgan fingerprint density at radius 2 is 2.11 bits per heavy atom. The van der Waals surface area contributed by atoms with Crippen LogP contribution in [0.3, 0.4) is 0 Å². The van der Waals surface area contributed by atoms with E-state index >= 15 is 0 Å². The lowest BCUT2D eigenvalue weighted by molar-refractivity contribution is 1.04. The Bertz CT molecular complexity index is 717. The van der Waals surface area contributed by atoms with Crippen molar-refractivity contribution in [1.82, 2.24) is 15.2 Å². The van der Waals surface area contributed by atoms with Crippen molar-refractivity contribution in [3.05, 3.63) is 48.0 Å². The Kier molecular flexibility index (Phi) is 2.79. The van der Waals surface area contributed by atoms with Crippen molar-refractivity contribution >= 4 is 22.1 Å². The number of nitrogens with zero attached hydrogens (tertiary/aromatic N) is 2. The molecular weight excluding hydrogens is 238 g/mol. The van der Waals surface area contributed by atoms with E-state index in [2.05, 4.69) is 20.5 Å². The van der Waals surface area contributed by atoms with Crippen molar-refractivity contribution in [2.24, 2.45) is 0 Å². The average molecular weight is 253 g/mol. The summed E-state index contributed by atoms with van der Waals surface area (Å²) in [6.45, 7) is 2.73. The van der Waals surface area contributed by atoms with Gasteiger partial charge in [-0.05, 0) is 25.1 Å². The first-order valence-corrected chi connectivity index (χ1v) is 6.10. The van der Waals surface area contributed by atoms with Gasteiger partial charge in [-0.15, -0.1) is 0 Å². The number of anilines is 2. The fourth-order valence-corrected chi connectivity index (χ4v) is 2.11. The summed E-state index contributed by atoms with van der Waals surface area (Å²) < 4.78 is 0. The highest BCUT2D eigenvalue weighted by atomic mass is 15.1. The molecule has 96 valence electrons. The Morgan fingerprint density at radius 3 is 2.89 bits per heavy atom. The number of aryl methyl sites for hydroxylation is 1. The molecule has 0 unspecified atom stereocenters. The maximum absolute atomic E-state index is 5.97. The van der Waals surface area contributed by atoms with Crippen LogP contribution in [0.15, 0.2) is 36.8 Å². The van der Waals surface area contributed by atoms with E-state index in [0.717, 1.165) is 39.9 Å². The van der Waals surface area contributed by atoms with Crippen molar-refractivity contribution in [3.8, 4) is 0 Å². The zero-order valence-electron chi connectivity index (χ0n) is 10.6. The number of nitrogen functional groups attached to an aromatic ring is 1. The monoisotopic (exact) mass is 253 g/mol. The minimum absolute atomic E-state index is 0.718. The SMILES string of the molecule is Cc1[nH]ncc1CNc1ccc(N)c2ccncc12. The average Bonchev–Trinajstić information content (AvgIpc) is 2.84. The molecule has 2 heterocycles. The van der Waals surface area contributed by atoms with E-state index in [0.29, 0.717) is 0 Å². The molecule has 4 N–H and O–H groups in total. The highest BCUT2D eigenvalue weighted by Crippen LogP contribution is 2.27. The van der Waals surface area contributed by atoms with Gasteiger partial charge in [-0.1, -0.05) is 0 Å². The van der Waals surface area contributed by atoms with Gasteiger partial charge in [0.25, 0.3) is 0 Å². The molecule has 0 aliphatic heterocycles. The second-order valence-corrected chi connectivity index (χ2v) is 4.50. The molecular formula is C14H15N5. The summed E-state index contributed by atoms with van der Waals surface area (Å²) >= 11 is 0. The van der Waals surface area contributed by atoms with Gasteiger partial charge in [0.2, 0.25) is 0 Å². The third-order valence-electron chi connectivity index (χ3n) is 3.26. The lowest BCUT2D eigenvalue weighted by Gasteiger charge is -2.10. The number of H-pyrrole nitrogens is 1. The molecule has 0 bridgehead atoms. The number of hydrogen-bond acceptors (Lipinski definition) is 4. The highest BCUT2D eigenvalue weighted by molar-refractivity contribution is 6.00. The van der Waals surface area contributed by atoms with Crippen LogP contribution in [0.2, 0.25) is 0 Å². The Hall–Kier alpha value is -2.56. The maximum atomic E-state index is 5.97. The largest absolute Gasteiger partial charge is 0.398 e. The minimum atomic E-state index is 0.718. The zero-order valence-corrected chi connectivity index (χ0v) is 10.6. The predicted molar refractivity (Wildman–Crippen MR) is 76.8 cm³/mol. The molecule has 0 aliphatic rings. The number of rotatable bonds is 3. The number of hydrogen-bond donors (Lipinski definition) is 3. The molecule has 3 aromatic rings. The van der Waals surface area contributed by atoms with E-state index in [4.69, 9.17) is 5.73 Å². The van der Waals surface area contributed by atoms with Crippen LogP contribution in [-0.2, 0) is 6.54 Å². The van der Waals surface area contributed by atoms with Crippen molar-refractivity contribution in [1.29, 1.82) is 0 Å². The standard InChI is InChI=1S/C14H15N5/c1-9-10(7-18-19-9)6-17-14-3-2-13(15)11-4-5-16-8-12(11)14/h2-5,7-8,17H,6,15H2,1H3,(H,18,19). The first-order valence-electron chi connectivity index (χ1n) is 6.10. The van der Waals surface area contributed by atoms with Gasteiger partial charge in [0.05, 0.1) is 6.20 Å². The summed E-state index contributed by atoms with van der Waals surface area (Å²) in [7, 11) is 0. The molecule has 0 aliphatic carbocycles. The van der Waals surface area contributed by atoms with E-state index in [9.17, 15) is 0 Å². The first kappa shape index (κ1) is 11.5. The van der Waals surface area contributed by atoms with Crippen LogP contribution in [0, 0.1) is 6.92 Å². The minimum Gasteiger partial charge on any atom is -0.398 e. The van der Waals surface area contributed by atoms with Crippen LogP contribution in [0.1, 0.15) is 11.3 Å². The second-order valence-electron chi connectivity index (χ2n) is 4.50. The molecule has 3 rings (SSSR count). The summed E-state index contributed by atoms with van der Waals surface area (Å²) in [5, 5.41) is 12.4. The number of fused-ring (bicyclic) bond motifs is 1. The second kappa shape index (κ2) is 4.61. The van der Waals surface area contributed by atoms with E-state index in [1.807, 2.05) is 37.5 Å². The van der Waals surface area contributed by atoms with Gasteiger partial charge in [0.1, 0.15) is 0 Å². The zero-order chi connectivity index (χ0) is 13.2. The third kappa shape index (κ3) is 2.10.